The first-order valence-electron chi connectivity index (χ1n) is 4.73. The van der Waals surface area contributed by atoms with E-state index in [1.54, 1.807) is 0 Å². The van der Waals surface area contributed by atoms with Gasteiger partial charge in [-0.1, -0.05) is 12.1 Å². The highest BCUT2D eigenvalue weighted by Gasteiger charge is 2.39. The van der Waals surface area contributed by atoms with Crippen molar-refractivity contribution in [3.8, 4) is 0 Å². The van der Waals surface area contributed by atoms with Crippen LogP contribution in [-0.4, -0.2) is 24.6 Å². The molecule has 0 bridgehead atoms. The van der Waals surface area contributed by atoms with Crippen molar-refractivity contribution >= 4 is 20.9 Å². The molecule has 0 saturated carbocycles. The fourth-order valence-electron chi connectivity index (χ4n) is 1.43. The summed E-state index contributed by atoms with van der Waals surface area (Å²) < 4.78 is 60.9. The van der Waals surface area contributed by atoms with Crippen LogP contribution in [0, 0.1) is 0 Å². The summed E-state index contributed by atoms with van der Waals surface area (Å²) >= 11 is 0. The predicted octanol–water partition coefficient (Wildman–Crippen LogP) is 2.05. The number of nitrogens with zero attached hydrogens (tertiary/aromatic N) is 2. The summed E-state index contributed by atoms with van der Waals surface area (Å²) in [7, 11) is -4.10. The summed E-state index contributed by atoms with van der Waals surface area (Å²) in [5.41, 5.74) is -1.38. The van der Waals surface area contributed by atoms with Crippen molar-refractivity contribution in [3.63, 3.8) is 0 Å². The van der Waals surface area contributed by atoms with Crippen LogP contribution in [0.15, 0.2) is 29.3 Å². The van der Waals surface area contributed by atoms with Gasteiger partial charge in [0.2, 0.25) is 0 Å². The van der Waals surface area contributed by atoms with Crippen LogP contribution in [0.3, 0.4) is 0 Å². The maximum absolute atomic E-state index is 12.7. The molecule has 0 aliphatic rings. The van der Waals surface area contributed by atoms with E-state index in [0.717, 1.165) is 0 Å². The predicted molar refractivity (Wildman–Crippen MR) is 57.6 cm³/mol. The number of aromatic nitrogens is 2. The number of para-hydroxylation sites is 2. The molecule has 0 unspecified atom stereocenters. The Morgan fingerprint density at radius 3 is 2.00 bits per heavy atom. The Labute approximate surface area is 100 Å². The van der Waals surface area contributed by atoms with Crippen LogP contribution < -0.4 is 0 Å². The van der Waals surface area contributed by atoms with E-state index in [1.165, 1.54) is 24.3 Å². The molecule has 1 aromatic carbocycles. The summed E-state index contributed by atoms with van der Waals surface area (Å²) in [5.74, 6) is 0. The van der Waals surface area contributed by atoms with Crippen molar-refractivity contribution in [3.05, 3.63) is 30.0 Å². The van der Waals surface area contributed by atoms with E-state index in [9.17, 15) is 21.6 Å². The molecule has 8 heteroatoms. The monoisotopic (exact) mass is 276 g/mol. The molecule has 0 saturated heterocycles. The molecule has 2 aromatic rings. The molecular weight excluding hydrogens is 269 g/mol. The number of hydrogen-bond donors (Lipinski definition) is 0. The lowest BCUT2D eigenvalue weighted by Gasteiger charge is -2.10. The van der Waals surface area contributed by atoms with E-state index in [4.69, 9.17) is 0 Å². The summed E-state index contributed by atoms with van der Waals surface area (Å²) in [4.78, 5) is 6.89. The van der Waals surface area contributed by atoms with E-state index in [0.29, 0.717) is 6.26 Å². The molecule has 0 radical (unpaired) electrons. The van der Waals surface area contributed by atoms with Gasteiger partial charge in [0.1, 0.15) is 0 Å². The Morgan fingerprint density at radius 1 is 1.06 bits per heavy atom. The van der Waals surface area contributed by atoms with Gasteiger partial charge in [0.05, 0.1) is 11.0 Å². The fourth-order valence-corrected chi connectivity index (χ4v) is 2.20. The summed E-state index contributed by atoms with van der Waals surface area (Å²) in [6.07, 6.45) is -4.20. The fraction of sp³-hybridized carbons (Fsp3) is 0.200. The SMILES string of the molecule is CS(=O)(=O)c1nc2ccccc2nc1C(F)(F)F. The number of halogens is 3. The smallest absolute Gasteiger partial charge is 0.239 e. The van der Waals surface area contributed by atoms with Crippen LogP contribution in [0.2, 0.25) is 0 Å². The van der Waals surface area contributed by atoms with E-state index in [1.807, 2.05) is 0 Å². The number of benzene rings is 1. The Morgan fingerprint density at radius 2 is 1.56 bits per heavy atom. The normalized spacial score (nSPS) is 12.9. The molecule has 0 amide bonds. The van der Waals surface area contributed by atoms with Gasteiger partial charge in [-0.05, 0) is 12.1 Å². The van der Waals surface area contributed by atoms with Crippen molar-refractivity contribution in [1.29, 1.82) is 0 Å². The highest BCUT2D eigenvalue weighted by atomic mass is 32.2. The first-order chi connectivity index (χ1) is 8.19. The van der Waals surface area contributed by atoms with Crippen LogP contribution in [0.4, 0.5) is 13.2 Å². The van der Waals surface area contributed by atoms with Gasteiger partial charge in [-0.15, -0.1) is 0 Å². The minimum atomic E-state index is -4.87. The Kier molecular flexibility index (Phi) is 2.77. The number of fused-ring (bicyclic) bond motifs is 1. The molecule has 1 heterocycles. The lowest BCUT2D eigenvalue weighted by atomic mass is 10.3. The largest absolute Gasteiger partial charge is 0.436 e. The lowest BCUT2D eigenvalue weighted by molar-refractivity contribution is -0.143. The van der Waals surface area contributed by atoms with Crippen LogP contribution in [-0.2, 0) is 16.0 Å². The van der Waals surface area contributed by atoms with Crippen molar-refractivity contribution in [1.82, 2.24) is 9.97 Å². The van der Waals surface area contributed by atoms with Crippen LogP contribution in [0.25, 0.3) is 11.0 Å². The number of sulfone groups is 1. The summed E-state index contributed by atoms with van der Waals surface area (Å²) in [6, 6.07) is 5.77. The van der Waals surface area contributed by atoms with E-state index in [2.05, 4.69) is 9.97 Å². The van der Waals surface area contributed by atoms with Gasteiger partial charge in [0.25, 0.3) is 0 Å². The van der Waals surface area contributed by atoms with Gasteiger partial charge < -0.3 is 0 Å². The van der Waals surface area contributed by atoms with Gasteiger partial charge in [0, 0.05) is 6.26 Å². The molecule has 0 atom stereocenters. The van der Waals surface area contributed by atoms with E-state index in [-0.39, 0.29) is 11.0 Å². The molecule has 0 aliphatic carbocycles. The zero-order valence-corrected chi connectivity index (χ0v) is 9.88. The topological polar surface area (TPSA) is 59.9 Å². The molecule has 0 N–H and O–H groups in total. The third-order valence-corrected chi connectivity index (χ3v) is 3.15. The number of hydrogen-bond acceptors (Lipinski definition) is 4. The van der Waals surface area contributed by atoms with Crippen molar-refractivity contribution in [2.75, 3.05) is 6.26 Å². The van der Waals surface area contributed by atoms with Gasteiger partial charge in [0.15, 0.2) is 20.6 Å². The highest BCUT2D eigenvalue weighted by Crippen LogP contribution is 2.32. The van der Waals surface area contributed by atoms with Gasteiger partial charge in [-0.2, -0.15) is 13.2 Å². The minimum absolute atomic E-state index is 0.00257. The van der Waals surface area contributed by atoms with Crippen molar-refractivity contribution in [2.45, 2.75) is 11.2 Å². The molecule has 2 rings (SSSR count). The van der Waals surface area contributed by atoms with Crippen LogP contribution >= 0.6 is 0 Å². The average Bonchev–Trinajstić information content (AvgIpc) is 2.25. The van der Waals surface area contributed by atoms with Crippen molar-refractivity contribution in [2.24, 2.45) is 0 Å². The minimum Gasteiger partial charge on any atom is -0.239 e. The number of rotatable bonds is 1. The van der Waals surface area contributed by atoms with Gasteiger partial charge in [-0.25, -0.2) is 18.4 Å². The molecular formula is C10H7F3N2O2S. The van der Waals surface area contributed by atoms with Crippen LogP contribution in [0.5, 0.6) is 0 Å². The second-order valence-corrected chi connectivity index (χ2v) is 5.57. The second kappa shape index (κ2) is 3.91. The maximum Gasteiger partial charge on any atom is 0.436 e. The van der Waals surface area contributed by atoms with Gasteiger partial charge >= 0.3 is 6.18 Å². The standard InChI is InChI=1S/C10H7F3N2O2S/c1-18(16,17)9-8(10(11,12)13)14-6-4-2-3-5-7(6)15-9/h2-5H,1H3. The molecule has 0 fully saturated rings. The molecule has 4 nitrogen and oxygen atoms in total. The summed E-state index contributed by atoms with van der Waals surface area (Å²) in [5, 5.41) is -1.05. The average molecular weight is 276 g/mol. The lowest BCUT2D eigenvalue weighted by Crippen LogP contribution is -2.16. The molecule has 1 aromatic heterocycles. The molecule has 0 spiro atoms. The zero-order valence-electron chi connectivity index (χ0n) is 9.06. The maximum atomic E-state index is 12.7. The van der Waals surface area contributed by atoms with Crippen LogP contribution in [0.1, 0.15) is 5.69 Å². The Balaban J connectivity index is 2.90. The third kappa shape index (κ3) is 2.28. The zero-order chi connectivity index (χ0) is 13.6. The molecule has 18 heavy (non-hydrogen) atoms. The van der Waals surface area contributed by atoms with E-state index >= 15 is 0 Å². The Bertz CT molecular complexity index is 711. The summed E-state index contributed by atoms with van der Waals surface area (Å²) in [6.45, 7) is 0. The molecule has 0 aliphatic heterocycles. The quantitative estimate of drug-likeness (QED) is 0.799. The van der Waals surface area contributed by atoms with Crippen molar-refractivity contribution < 1.29 is 21.6 Å². The van der Waals surface area contributed by atoms with E-state index < -0.39 is 26.7 Å². The first kappa shape index (κ1) is 12.7. The Hall–Kier alpha value is -1.70. The van der Waals surface area contributed by atoms with Gasteiger partial charge in [-0.3, -0.25) is 0 Å². The number of alkyl halides is 3. The first-order valence-corrected chi connectivity index (χ1v) is 6.63. The molecule has 96 valence electrons. The third-order valence-electron chi connectivity index (χ3n) is 2.16. The second-order valence-electron chi connectivity index (χ2n) is 3.64. The highest BCUT2D eigenvalue weighted by molar-refractivity contribution is 7.90.